The average molecular weight is 935 g/mol. The number of carbonyl (C=O) groups excluding carboxylic acids is 4. The van der Waals surface area contributed by atoms with Crippen LogP contribution in [0, 0.1) is 0 Å². The van der Waals surface area contributed by atoms with Gasteiger partial charge in [-0.15, -0.1) is 0 Å². The maximum absolute atomic E-state index is 12.9. The zero-order valence-electron chi connectivity index (χ0n) is 39.4. The Morgan fingerprint density at radius 1 is 0.500 bits per heavy atom. The number of nitrogens with zero attached hydrogens (tertiary/aromatic N) is 4. The molecule has 2 fully saturated rings. The van der Waals surface area contributed by atoms with Crippen molar-refractivity contribution < 1.29 is 38.1 Å². The molecule has 4 heterocycles. The van der Waals surface area contributed by atoms with Crippen molar-refractivity contribution >= 4 is 68.6 Å². The molecule has 10 rings (SSSR count). The first-order chi connectivity index (χ1) is 33.7. The quantitative estimate of drug-likeness (QED) is 0.135. The van der Waals surface area contributed by atoms with Crippen LogP contribution < -0.4 is 29.9 Å². The molecule has 2 atom stereocenters. The molecule has 2 saturated heterocycles. The van der Waals surface area contributed by atoms with Crippen LogP contribution in [0.1, 0.15) is 71.6 Å². The number of amides is 4. The molecule has 2 N–H and O–H groups in total. The van der Waals surface area contributed by atoms with Crippen molar-refractivity contribution in [2.75, 3.05) is 34.7 Å². The van der Waals surface area contributed by atoms with E-state index in [0.717, 1.165) is 44.4 Å². The second kappa shape index (κ2) is 19.1. The van der Waals surface area contributed by atoms with Gasteiger partial charge in [0.25, 0.3) is 11.8 Å². The fraction of sp³-hybridized carbons (Fsp3) is 0.179. The lowest BCUT2D eigenvalue weighted by molar-refractivity contribution is 0.0676. The fourth-order valence-electron chi connectivity index (χ4n) is 9.02. The van der Waals surface area contributed by atoms with Crippen LogP contribution in [0.4, 0.5) is 32.3 Å². The molecule has 0 bridgehead atoms. The molecule has 2 aliphatic heterocycles. The van der Waals surface area contributed by atoms with E-state index in [2.05, 4.69) is 20.6 Å². The Balaban J connectivity index is 0.000000174. The van der Waals surface area contributed by atoms with Crippen LogP contribution in [0.15, 0.2) is 170 Å². The van der Waals surface area contributed by atoms with Crippen LogP contribution in [-0.4, -0.2) is 59.4 Å². The summed E-state index contributed by atoms with van der Waals surface area (Å²) in [7, 11) is 3.23. The Hall–Kier alpha value is -8.78. The maximum atomic E-state index is 12.9. The minimum absolute atomic E-state index is 0.259. The lowest BCUT2D eigenvalue weighted by Crippen LogP contribution is -2.33. The third-order valence-electron chi connectivity index (χ3n) is 12.4. The Morgan fingerprint density at radius 3 is 1.21 bits per heavy atom. The molecule has 14 nitrogen and oxygen atoms in total. The van der Waals surface area contributed by atoms with Gasteiger partial charge >= 0.3 is 12.2 Å². The number of cyclic esters (lactones) is 2. The molecule has 0 spiro atoms. The average Bonchev–Trinajstić information content (AvgIpc) is 3.78. The van der Waals surface area contributed by atoms with Crippen molar-refractivity contribution in [2.24, 2.45) is 0 Å². The van der Waals surface area contributed by atoms with Crippen molar-refractivity contribution in [1.82, 2.24) is 9.97 Å². The molecular weight excluding hydrogens is 885 g/mol. The number of methoxy groups -OCH3 is 2. The lowest BCUT2D eigenvalue weighted by atomic mass is 9.91. The highest BCUT2D eigenvalue weighted by Gasteiger charge is 2.50. The van der Waals surface area contributed by atoms with Gasteiger partial charge in [-0.3, -0.25) is 29.4 Å². The summed E-state index contributed by atoms with van der Waals surface area (Å²) >= 11 is 0. The van der Waals surface area contributed by atoms with Crippen LogP contribution >= 0.6 is 0 Å². The second-order valence-electron chi connectivity index (χ2n) is 17.8. The lowest BCUT2D eigenvalue weighted by Gasteiger charge is -2.29. The first kappa shape index (κ1) is 46.3. The van der Waals surface area contributed by atoms with Gasteiger partial charge in [0, 0.05) is 45.7 Å². The van der Waals surface area contributed by atoms with Gasteiger partial charge in [-0.25, -0.2) is 9.59 Å². The number of benzene rings is 6. The van der Waals surface area contributed by atoms with Gasteiger partial charge in [-0.2, -0.15) is 0 Å². The highest BCUT2D eigenvalue weighted by molar-refractivity contribution is 6.09. The SMILES string of the molecule is COc1ccc([C@@H]2N(c3ccc(C(=O)Nc4cccc5cccnc45)cc3)C(=O)OC2(C)C)cc1.COc1ccc([C@H]2N(c3ccc(C(=O)Nc4cccc5cccnc45)cc3)C(=O)OC2(C)C)cc1. The van der Waals surface area contributed by atoms with Gasteiger partial charge in [0.2, 0.25) is 0 Å². The van der Waals surface area contributed by atoms with E-state index in [0.29, 0.717) is 33.9 Å². The topological polar surface area (TPSA) is 162 Å². The molecule has 6 aromatic carbocycles. The van der Waals surface area contributed by atoms with E-state index < -0.39 is 23.4 Å². The van der Waals surface area contributed by atoms with E-state index in [1.54, 1.807) is 84.9 Å². The molecule has 0 radical (unpaired) electrons. The number of pyridine rings is 2. The smallest absolute Gasteiger partial charge is 0.415 e. The molecule has 0 saturated carbocycles. The number of carbonyl (C=O) groups is 4. The highest BCUT2D eigenvalue weighted by atomic mass is 16.6. The molecule has 70 heavy (non-hydrogen) atoms. The summed E-state index contributed by atoms with van der Waals surface area (Å²) in [5, 5.41) is 7.77. The van der Waals surface area contributed by atoms with Gasteiger partial charge in [0.05, 0.1) is 36.6 Å². The normalized spacial score (nSPS) is 16.7. The van der Waals surface area contributed by atoms with Crippen molar-refractivity contribution in [3.8, 4) is 11.5 Å². The summed E-state index contributed by atoms with van der Waals surface area (Å²) in [6.07, 6.45) is 2.52. The number of anilines is 4. The van der Waals surface area contributed by atoms with Crippen LogP contribution in [0.2, 0.25) is 0 Å². The van der Waals surface area contributed by atoms with Gasteiger partial charge in [0.1, 0.15) is 34.8 Å². The summed E-state index contributed by atoms with van der Waals surface area (Å²) in [6, 6.07) is 47.2. The summed E-state index contributed by atoms with van der Waals surface area (Å²) in [6.45, 7) is 7.55. The van der Waals surface area contributed by atoms with Crippen LogP contribution in [-0.2, 0) is 9.47 Å². The molecule has 0 aliphatic carbocycles. The summed E-state index contributed by atoms with van der Waals surface area (Å²) in [4.78, 5) is 63.7. The molecular formula is C56H50N6O8. The maximum Gasteiger partial charge on any atom is 0.415 e. The molecule has 352 valence electrons. The summed E-state index contributed by atoms with van der Waals surface area (Å²) in [5.41, 5.74) is 5.31. The summed E-state index contributed by atoms with van der Waals surface area (Å²) < 4.78 is 21.9. The number of aromatic nitrogens is 2. The first-order valence-corrected chi connectivity index (χ1v) is 22.6. The number of nitrogens with one attached hydrogen (secondary N) is 2. The molecule has 2 aliphatic rings. The van der Waals surface area contributed by atoms with Crippen molar-refractivity contribution in [3.05, 3.63) is 192 Å². The Bertz CT molecular complexity index is 3000. The molecule has 8 aromatic rings. The van der Waals surface area contributed by atoms with Crippen LogP contribution in [0.5, 0.6) is 11.5 Å². The molecule has 2 aromatic heterocycles. The number of hydrogen-bond donors (Lipinski definition) is 2. The second-order valence-corrected chi connectivity index (χ2v) is 17.8. The van der Waals surface area contributed by atoms with Gasteiger partial charge in [-0.1, -0.05) is 60.7 Å². The zero-order valence-corrected chi connectivity index (χ0v) is 39.4. The largest absolute Gasteiger partial charge is 0.497 e. The number of ether oxygens (including phenoxy) is 4. The van der Waals surface area contributed by atoms with Crippen molar-refractivity contribution in [1.29, 1.82) is 0 Å². The number of hydrogen-bond acceptors (Lipinski definition) is 10. The van der Waals surface area contributed by atoms with Crippen molar-refractivity contribution in [3.63, 3.8) is 0 Å². The third kappa shape index (κ3) is 9.26. The minimum Gasteiger partial charge on any atom is -0.497 e. The monoisotopic (exact) mass is 934 g/mol. The minimum atomic E-state index is -0.747. The number of fused-ring (bicyclic) bond motifs is 2. The Kier molecular flexibility index (Phi) is 12.6. The van der Waals surface area contributed by atoms with E-state index in [1.165, 1.54) is 0 Å². The van der Waals surface area contributed by atoms with E-state index in [4.69, 9.17) is 18.9 Å². The van der Waals surface area contributed by atoms with E-state index in [1.807, 2.05) is 137 Å². The van der Waals surface area contributed by atoms with E-state index in [-0.39, 0.29) is 23.9 Å². The third-order valence-corrected chi connectivity index (χ3v) is 12.4. The Morgan fingerprint density at radius 2 is 0.857 bits per heavy atom. The van der Waals surface area contributed by atoms with Gasteiger partial charge < -0.3 is 29.6 Å². The molecule has 14 heteroatoms. The predicted octanol–water partition coefficient (Wildman–Crippen LogP) is 11.9. The molecule has 4 amide bonds. The fourth-order valence-corrected chi connectivity index (χ4v) is 9.02. The first-order valence-electron chi connectivity index (χ1n) is 22.6. The van der Waals surface area contributed by atoms with E-state index in [9.17, 15) is 19.2 Å². The van der Waals surface area contributed by atoms with Crippen LogP contribution in [0.3, 0.4) is 0 Å². The highest BCUT2D eigenvalue weighted by Crippen LogP contribution is 2.45. The number of rotatable bonds is 10. The van der Waals surface area contributed by atoms with Gasteiger partial charge in [0.15, 0.2) is 0 Å². The van der Waals surface area contributed by atoms with Crippen LogP contribution in [0.25, 0.3) is 21.8 Å². The van der Waals surface area contributed by atoms with Gasteiger partial charge in [-0.05, 0) is 136 Å². The summed E-state index contributed by atoms with van der Waals surface area (Å²) in [5.74, 6) is 0.955. The molecule has 0 unspecified atom stereocenters. The van der Waals surface area contributed by atoms with E-state index >= 15 is 0 Å². The number of para-hydroxylation sites is 2. The predicted molar refractivity (Wildman–Crippen MR) is 270 cm³/mol. The van der Waals surface area contributed by atoms with Crippen molar-refractivity contribution in [2.45, 2.75) is 51.0 Å². The zero-order chi connectivity index (χ0) is 49.2. The standard InChI is InChI=1S/2C28H25N3O4/c2*1-28(2)25(19-11-15-22(34-3)16-12-19)31(27(33)35-28)21-13-9-20(10-14-21)26(32)30-23-8-4-6-18-7-5-17-29-24(18)23/h2*4-17,25H,1-3H3,(H,30,32)/t2*25-/m10/s1. The Labute approximate surface area is 404 Å².